The Morgan fingerprint density at radius 1 is 1.15 bits per heavy atom. The van der Waals surface area contributed by atoms with Gasteiger partial charge in [-0.15, -0.1) is 0 Å². The average Bonchev–Trinajstić information content (AvgIpc) is 2.08. The Kier molecular flexibility index (Phi) is 8.46. The summed E-state index contributed by atoms with van der Waals surface area (Å²) in [6.07, 6.45) is 4.64. The van der Waals surface area contributed by atoms with Crippen LogP contribution >= 0.6 is 0 Å². The van der Waals surface area contributed by atoms with E-state index in [9.17, 15) is 5.11 Å². The van der Waals surface area contributed by atoms with Gasteiger partial charge in [0.05, 0.1) is 0 Å². The molecule has 0 saturated heterocycles. The first-order valence-corrected chi connectivity index (χ1v) is 5.46. The van der Waals surface area contributed by atoms with Crippen molar-refractivity contribution in [1.29, 1.82) is 0 Å². The Balaban J connectivity index is 3.12. The molecule has 0 rings (SSSR count). The maximum atomic E-state index is 9.32. The summed E-state index contributed by atoms with van der Waals surface area (Å²) in [5, 5.41) is 9.32. The summed E-state index contributed by atoms with van der Waals surface area (Å²) in [7, 11) is 0. The molecule has 2 nitrogen and oxygen atoms in total. The van der Waals surface area contributed by atoms with Gasteiger partial charge in [0.1, 0.15) is 0 Å². The third kappa shape index (κ3) is 9.84. The number of ether oxygens (including phenoxy) is 1. The van der Waals surface area contributed by atoms with Crippen molar-refractivity contribution in [2.45, 2.75) is 59.2 Å². The van der Waals surface area contributed by atoms with Crippen molar-refractivity contribution < 1.29 is 9.84 Å². The highest BCUT2D eigenvalue weighted by molar-refractivity contribution is 4.46. The van der Waals surface area contributed by atoms with E-state index in [1.165, 1.54) is 6.42 Å². The van der Waals surface area contributed by atoms with E-state index in [2.05, 4.69) is 20.8 Å². The van der Waals surface area contributed by atoms with Gasteiger partial charge in [-0.25, -0.2) is 0 Å². The fraction of sp³-hybridized carbons (Fsp3) is 1.00. The van der Waals surface area contributed by atoms with Gasteiger partial charge in [-0.1, -0.05) is 27.2 Å². The van der Waals surface area contributed by atoms with E-state index in [1.807, 2.05) is 0 Å². The van der Waals surface area contributed by atoms with E-state index in [-0.39, 0.29) is 0 Å². The van der Waals surface area contributed by atoms with Gasteiger partial charge in [0, 0.05) is 6.61 Å². The molecule has 2 heteroatoms. The number of unbranched alkanes of at least 4 members (excludes halogenated alkanes) is 1. The smallest absolute Gasteiger partial charge is 0.154 e. The molecule has 1 unspecified atom stereocenters. The third-order valence-corrected chi connectivity index (χ3v) is 2.04. The summed E-state index contributed by atoms with van der Waals surface area (Å²) < 4.78 is 5.25. The number of hydrogen-bond donors (Lipinski definition) is 1. The minimum atomic E-state index is -0.535. The highest BCUT2D eigenvalue weighted by Crippen LogP contribution is 2.06. The Bertz CT molecular complexity index is 102. The zero-order valence-corrected chi connectivity index (χ0v) is 9.25. The molecule has 0 heterocycles. The molecule has 1 N–H and O–H groups in total. The first kappa shape index (κ1) is 12.9. The highest BCUT2D eigenvalue weighted by atomic mass is 16.6. The van der Waals surface area contributed by atoms with E-state index < -0.39 is 6.29 Å². The van der Waals surface area contributed by atoms with Gasteiger partial charge in [0.15, 0.2) is 6.29 Å². The first-order chi connectivity index (χ1) is 6.16. The van der Waals surface area contributed by atoms with Crippen LogP contribution in [0.15, 0.2) is 0 Å². The van der Waals surface area contributed by atoms with Crippen molar-refractivity contribution >= 4 is 0 Å². The summed E-state index contributed by atoms with van der Waals surface area (Å²) in [5.74, 6) is 0.733. The van der Waals surface area contributed by atoms with E-state index in [4.69, 9.17) is 4.74 Å². The minimum Gasteiger partial charge on any atom is -0.368 e. The molecule has 0 fully saturated rings. The SMILES string of the molecule is CCCCC(O)OCCCC(C)C. The molecule has 0 aromatic heterocycles. The van der Waals surface area contributed by atoms with Crippen LogP contribution in [0.2, 0.25) is 0 Å². The van der Waals surface area contributed by atoms with Gasteiger partial charge in [-0.05, 0) is 31.6 Å². The predicted octanol–water partition coefficient (Wildman–Crippen LogP) is 2.95. The molecule has 0 aliphatic rings. The number of aliphatic hydroxyl groups is 1. The van der Waals surface area contributed by atoms with E-state index >= 15 is 0 Å². The van der Waals surface area contributed by atoms with Crippen LogP contribution in [0.4, 0.5) is 0 Å². The van der Waals surface area contributed by atoms with Crippen molar-refractivity contribution in [2.24, 2.45) is 5.92 Å². The van der Waals surface area contributed by atoms with E-state index in [0.717, 1.165) is 31.6 Å². The van der Waals surface area contributed by atoms with Crippen LogP contribution in [-0.4, -0.2) is 18.0 Å². The second kappa shape index (κ2) is 8.52. The van der Waals surface area contributed by atoms with Crippen LogP contribution in [0.1, 0.15) is 52.9 Å². The fourth-order valence-electron chi connectivity index (χ4n) is 1.17. The first-order valence-electron chi connectivity index (χ1n) is 5.46. The van der Waals surface area contributed by atoms with Gasteiger partial charge in [-0.2, -0.15) is 0 Å². The molecule has 0 amide bonds. The van der Waals surface area contributed by atoms with Crippen molar-refractivity contribution in [2.75, 3.05) is 6.61 Å². The molecule has 1 atom stereocenters. The topological polar surface area (TPSA) is 29.5 Å². The lowest BCUT2D eigenvalue weighted by Gasteiger charge is -2.11. The van der Waals surface area contributed by atoms with Gasteiger partial charge in [0.25, 0.3) is 0 Å². The highest BCUT2D eigenvalue weighted by Gasteiger charge is 2.02. The van der Waals surface area contributed by atoms with Crippen LogP contribution in [0.3, 0.4) is 0 Å². The molecule has 0 aromatic carbocycles. The molecule has 0 aromatic rings. The number of hydrogen-bond acceptors (Lipinski definition) is 2. The number of aliphatic hydroxyl groups excluding tert-OH is 1. The van der Waals surface area contributed by atoms with Gasteiger partial charge >= 0.3 is 0 Å². The van der Waals surface area contributed by atoms with Crippen molar-refractivity contribution in [3.8, 4) is 0 Å². The zero-order valence-electron chi connectivity index (χ0n) is 9.25. The summed E-state index contributed by atoms with van der Waals surface area (Å²) in [5.41, 5.74) is 0. The molecular formula is C11H24O2. The average molecular weight is 188 g/mol. The molecule has 0 saturated carbocycles. The van der Waals surface area contributed by atoms with Crippen LogP contribution in [0.25, 0.3) is 0 Å². The van der Waals surface area contributed by atoms with Gasteiger partial charge in [0.2, 0.25) is 0 Å². The molecular weight excluding hydrogens is 164 g/mol. The van der Waals surface area contributed by atoms with Crippen LogP contribution in [0, 0.1) is 5.92 Å². The monoisotopic (exact) mass is 188 g/mol. The molecule has 0 spiro atoms. The molecule has 13 heavy (non-hydrogen) atoms. The second-order valence-electron chi connectivity index (χ2n) is 4.00. The standard InChI is InChI=1S/C11H24O2/c1-4-5-8-11(12)13-9-6-7-10(2)3/h10-12H,4-9H2,1-3H3. The minimum absolute atomic E-state index is 0.535. The summed E-state index contributed by atoms with van der Waals surface area (Å²) >= 11 is 0. The van der Waals surface area contributed by atoms with E-state index in [1.54, 1.807) is 0 Å². The lowest BCUT2D eigenvalue weighted by atomic mass is 10.1. The fourth-order valence-corrected chi connectivity index (χ4v) is 1.17. The largest absolute Gasteiger partial charge is 0.368 e. The maximum absolute atomic E-state index is 9.32. The summed E-state index contributed by atoms with van der Waals surface area (Å²) in [4.78, 5) is 0. The van der Waals surface area contributed by atoms with Gasteiger partial charge < -0.3 is 9.84 Å². The van der Waals surface area contributed by atoms with Crippen LogP contribution in [0.5, 0.6) is 0 Å². The third-order valence-electron chi connectivity index (χ3n) is 2.04. The van der Waals surface area contributed by atoms with Crippen molar-refractivity contribution in [3.05, 3.63) is 0 Å². The molecule has 80 valence electrons. The molecule has 0 bridgehead atoms. The summed E-state index contributed by atoms with van der Waals surface area (Å²) in [6, 6.07) is 0. The quantitative estimate of drug-likeness (QED) is 0.469. The zero-order chi connectivity index (χ0) is 10.1. The Morgan fingerprint density at radius 3 is 2.38 bits per heavy atom. The summed E-state index contributed by atoms with van der Waals surface area (Å²) in [6.45, 7) is 7.22. The normalized spacial score (nSPS) is 13.6. The Morgan fingerprint density at radius 2 is 1.85 bits per heavy atom. The Labute approximate surface area is 82.3 Å². The molecule has 0 aliphatic heterocycles. The number of rotatable bonds is 8. The molecule has 0 aliphatic carbocycles. The molecule has 0 radical (unpaired) electrons. The van der Waals surface area contributed by atoms with Crippen LogP contribution < -0.4 is 0 Å². The lowest BCUT2D eigenvalue weighted by Crippen LogP contribution is -2.12. The van der Waals surface area contributed by atoms with Crippen molar-refractivity contribution in [3.63, 3.8) is 0 Å². The van der Waals surface area contributed by atoms with Gasteiger partial charge in [-0.3, -0.25) is 0 Å². The maximum Gasteiger partial charge on any atom is 0.154 e. The predicted molar refractivity (Wildman–Crippen MR) is 55.6 cm³/mol. The Hall–Kier alpha value is -0.0800. The van der Waals surface area contributed by atoms with Crippen molar-refractivity contribution in [1.82, 2.24) is 0 Å². The van der Waals surface area contributed by atoms with Crippen LogP contribution in [-0.2, 0) is 4.74 Å². The van der Waals surface area contributed by atoms with E-state index in [0.29, 0.717) is 6.61 Å². The lowest BCUT2D eigenvalue weighted by molar-refractivity contribution is -0.105. The second-order valence-corrected chi connectivity index (χ2v) is 4.00.